The topological polar surface area (TPSA) is 47.6 Å². The first-order valence-electron chi connectivity index (χ1n) is 5.88. The number of alkyl carbamates (subject to hydrolysis) is 1. The van der Waals surface area contributed by atoms with Crippen LogP contribution in [0.15, 0.2) is 0 Å². The zero-order chi connectivity index (χ0) is 13.6. The summed E-state index contributed by atoms with van der Waals surface area (Å²) in [5.41, 5.74) is -0.519. The summed E-state index contributed by atoms with van der Waals surface area (Å²) in [6, 6.07) is 0. The number of hydrogen-bond acceptors (Lipinski definition) is 3. The first-order chi connectivity index (χ1) is 7.61. The SMILES string of the molecule is CC(O[C@@H](C)CNC(=O)OC(C)(C)C)[C@H](C)F. The number of carbonyl (C=O) groups is 1. The molecule has 0 aliphatic carbocycles. The van der Waals surface area contributed by atoms with Gasteiger partial charge < -0.3 is 14.8 Å². The summed E-state index contributed by atoms with van der Waals surface area (Å²) in [7, 11) is 0. The lowest BCUT2D eigenvalue weighted by molar-refractivity contribution is -0.0292. The second-order valence-corrected chi connectivity index (χ2v) is 5.21. The maximum absolute atomic E-state index is 12.8. The Morgan fingerprint density at radius 2 is 1.82 bits per heavy atom. The lowest BCUT2D eigenvalue weighted by Gasteiger charge is -2.22. The van der Waals surface area contributed by atoms with Gasteiger partial charge in [-0.15, -0.1) is 0 Å². The Bertz CT molecular complexity index is 238. The Morgan fingerprint density at radius 3 is 2.24 bits per heavy atom. The molecule has 17 heavy (non-hydrogen) atoms. The molecule has 1 N–H and O–H groups in total. The van der Waals surface area contributed by atoms with Gasteiger partial charge in [0, 0.05) is 6.54 Å². The Kier molecular flexibility index (Phi) is 6.45. The van der Waals surface area contributed by atoms with E-state index in [-0.39, 0.29) is 6.10 Å². The number of alkyl halides is 1. The standard InChI is InChI=1S/C12H24FNO3/c1-8(16-10(3)9(2)13)7-14-11(15)17-12(4,5)6/h8-10H,7H2,1-6H3,(H,14,15)/t8-,9-,10?/m0/s1. The van der Waals surface area contributed by atoms with E-state index in [1.165, 1.54) is 6.92 Å². The molecule has 1 amide bonds. The summed E-state index contributed by atoms with van der Waals surface area (Å²) in [5.74, 6) is 0. The van der Waals surface area contributed by atoms with Gasteiger partial charge in [0.15, 0.2) is 0 Å². The van der Waals surface area contributed by atoms with Crippen LogP contribution in [-0.4, -0.2) is 36.6 Å². The molecule has 1 unspecified atom stereocenters. The van der Waals surface area contributed by atoms with Crippen LogP contribution in [-0.2, 0) is 9.47 Å². The van der Waals surface area contributed by atoms with Gasteiger partial charge in [-0.3, -0.25) is 0 Å². The van der Waals surface area contributed by atoms with Gasteiger partial charge in [0.05, 0.1) is 12.2 Å². The smallest absolute Gasteiger partial charge is 0.407 e. The van der Waals surface area contributed by atoms with E-state index in [1.54, 1.807) is 34.6 Å². The van der Waals surface area contributed by atoms with Gasteiger partial charge in [0.1, 0.15) is 11.8 Å². The molecule has 0 aromatic heterocycles. The van der Waals surface area contributed by atoms with Crippen molar-refractivity contribution in [2.75, 3.05) is 6.54 Å². The third kappa shape index (κ3) is 8.92. The van der Waals surface area contributed by atoms with Crippen molar-refractivity contribution in [2.45, 2.75) is 65.5 Å². The van der Waals surface area contributed by atoms with Crippen LogP contribution in [0, 0.1) is 0 Å². The highest BCUT2D eigenvalue weighted by molar-refractivity contribution is 5.67. The molecule has 5 heteroatoms. The quantitative estimate of drug-likeness (QED) is 0.815. The van der Waals surface area contributed by atoms with Crippen molar-refractivity contribution < 1.29 is 18.7 Å². The van der Waals surface area contributed by atoms with Gasteiger partial charge in [-0.25, -0.2) is 9.18 Å². The first-order valence-corrected chi connectivity index (χ1v) is 5.88. The molecule has 4 nitrogen and oxygen atoms in total. The highest BCUT2D eigenvalue weighted by Gasteiger charge is 2.18. The molecule has 0 bridgehead atoms. The van der Waals surface area contributed by atoms with Crippen LogP contribution >= 0.6 is 0 Å². The fourth-order valence-electron chi connectivity index (χ4n) is 1.06. The minimum Gasteiger partial charge on any atom is -0.444 e. The number of halogens is 1. The van der Waals surface area contributed by atoms with E-state index < -0.39 is 24.0 Å². The second kappa shape index (κ2) is 6.79. The molecule has 0 aromatic carbocycles. The Hall–Kier alpha value is -0.840. The molecule has 0 radical (unpaired) electrons. The highest BCUT2D eigenvalue weighted by atomic mass is 19.1. The zero-order valence-electron chi connectivity index (χ0n) is 11.5. The zero-order valence-corrected chi connectivity index (χ0v) is 11.5. The molecule has 3 atom stereocenters. The van der Waals surface area contributed by atoms with Gasteiger partial charge >= 0.3 is 6.09 Å². The molecule has 0 aliphatic heterocycles. The average Bonchev–Trinajstić information content (AvgIpc) is 2.11. The minimum absolute atomic E-state index is 0.254. The molecule has 102 valence electrons. The molecule has 0 fully saturated rings. The Labute approximate surface area is 103 Å². The molecule has 0 aromatic rings. The molecular weight excluding hydrogens is 225 g/mol. The van der Waals surface area contributed by atoms with Crippen molar-refractivity contribution in [3.05, 3.63) is 0 Å². The Morgan fingerprint density at radius 1 is 1.29 bits per heavy atom. The van der Waals surface area contributed by atoms with E-state index in [0.717, 1.165) is 0 Å². The van der Waals surface area contributed by atoms with Crippen LogP contribution < -0.4 is 5.32 Å². The number of nitrogens with one attached hydrogen (secondary N) is 1. The summed E-state index contributed by atoms with van der Waals surface area (Å²) in [4.78, 5) is 11.3. The van der Waals surface area contributed by atoms with Crippen molar-refractivity contribution in [2.24, 2.45) is 0 Å². The van der Waals surface area contributed by atoms with Crippen LogP contribution in [0.2, 0.25) is 0 Å². The summed E-state index contributed by atoms with van der Waals surface area (Å²) < 4.78 is 23.2. The van der Waals surface area contributed by atoms with Gasteiger partial charge in [-0.2, -0.15) is 0 Å². The van der Waals surface area contributed by atoms with Gasteiger partial charge in [-0.05, 0) is 41.5 Å². The monoisotopic (exact) mass is 249 g/mol. The van der Waals surface area contributed by atoms with E-state index >= 15 is 0 Å². The second-order valence-electron chi connectivity index (χ2n) is 5.21. The predicted molar refractivity (Wildman–Crippen MR) is 64.8 cm³/mol. The third-order valence-corrected chi connectivity index (χ3v) is 2.03. The van der Waals surface area contributed by atoms with E-state index in [1.807, 2.05) is 0 Å². The highest BCUT2D eigenvalue weighted by Crippen LogP contribution is 2.07. The molecule has 0 rings (SSSR count). The largest absolute Gasteiger partial charge is 0.444 e. The maximum atomic E-state index is 12.8. The average molecular weight is 249 g/mol. The van der Waals surface area contributed by atoms with E-state index in [9.17, 15) is 9.18 Å². The molecule has 0 saturated carbocycles. The number of amides is 1. The number of ether oxygens (including phenoxy) is 2. The number of carbonyl (C=O) groups excluding carboxylic acids is 1. The van der Waals surface area contributed by atoms with Crippen LogP contribution in [0.1, 0.15) is 41.5 Å². The van der Waals surface area contributed by atoms with Crippen LogP contribution in [0.25, 0.3) is 0 Å². The van der Waals surface area contributed by atoms with Crippen LogP contribution in [0.3, 0.4) is 0 Å². The van der Waals surface area contributed by atoms with Crippen molar-refractivity contribution >= 4 is 6.09 Å². The van der Waals surface area contributed by atoms with E-state index in [0.29, 0.717) is 6.54 Å². The molecule has 0 saturated heterocycles. The third-order valence-electron chi connectivity index (χ3n) is 2.03. The number of rotatable bonds is 5. The van der Waals surface area contributed by atoms with E-state index in [2.05, 4.69) is 5.32 Å². The summed E-state index contributed by atoms with van der Waals surface area (Å²) in [6.45, 7) is 10.5. The maximum Gasteiger partial charge on any atom is 0.407 e. The van der Waals surface area contributed by atoms with Crippen molar-refractivity contribution in [1.82, 2.24) is 5.32 Å². The van der Waals surface area contributed by atoms with Crippen molar-refractivity contribution in [3.63, 3.8) is 0 Å². The van der Waals surface area contributed by atoms with Crippen molar-refractivity contribution in [3.8, 4) is 0 Å². The molecule has 0 heterocycles. The fraction of sp³-hybridized carbons (Fsp3) is 0.917. The molecular formula is C12H24FNO3. The number of hydrogen-bond donors (Lipinski definition) is 1. The molecule has 0 aliphatic rings. The van der Waals surface area contributed by atoms with Gasteiger partial charge in [0.2, 0.25) is 0 Å². The van der Waals surface area contributed by atoms with Crippen LogP contribution in [0.5, 0.6) is 0 Å². The predicted octanol–water partition coefficient (Wildman–Crippen LogP) is 2.66. The summed E-state index contributed by atoms with van der Waals surface area (Å²) in [5, 5.41) is 2.57. The Balaban J connectivity index is 3.84. The van der Waals surface area contributed by atoms with Crippen LogP contribution in [0.4, 0.5) is 9.18 Å². The first kappa shape index (κ1) is 16.2. The van der Waals surface area contributed by atoms with Gasteiger partial charge in [-0.1, -0.05) is 0 Å². The van der Waals surface area contributed by atoms with Gasteiger partial charge in [0.25, 0.3) is 0 Å². The lowest BCUT2D eigenvalue weighted by Crippen LogP contribution is -2.38. The lowest BCUT2D eigenvalue weighted by atomic mass is 10.2. The fourth-order valence-corrected chi connectivity index (χ4v) is 1.06. The summed E-state index contributed by atoms with van der Waals surface area (Å²) >= 11 is 0. The van der Waals surface area contributed by atoms with E-state index in [4.69, 9.17) is 9.47 Å². The normalized spacial score (nSPS) is 17.1. The van der Waals surface area contributed by atoms with Crippen molar-refractivity contribution in [1.29, 1.82) is 0 Å². The molecule has 0 spiro atoms. The summed E-state index contributed by atoms with van der Waals surface area (Å²) in [6.07, 6.45) is -2.26. The minimum atomic E-state index is -1.03.